The van der Waals surface area contributed by atoms with E-state index in [1.807, 2.05) is 13.0 Å². The van der Waals surface area contributed by atoms with Gasteiger partial charge in [0, 0.05) is 42.6 Å². The van der Waals surface area contributed by atoms with Gasteiger partial charge in [-0.25, -0.2) is 0 Å². The number of pyridine rings is 1. The van der Waals surface area contributed by atoms with Crippen LogP contribution in [-0.2, 0) is 13.1 Å². The molecule has 0 fully saturated rings. The van der Waals surface area contributed by atoms with Gasteiger partial charge in [-0.2, -0.15) is 0 Å². The SMILES string of the molecule is Cc1ccncc1CNCc1cc([N+](=O)[O-])ccc1Cl. The zero-order chi connectivity index (χ0) is 14.5. The van der Waals surface area contributed by atoms with Gasteiger partial charge in [0.05, 0.1) is 4.92 Å². The van der Waals surface area contributed by atoms with Gasteiger partial charge in [-0.3, -0.25) is 15.1 Å². The van der Waals surface area contributed by atoms with Crippen molar-refractivity contribution in [3.05, 3.63) is 68.5 Å². The van der Waals surface area contributed by atoms with E-state index >= 15 is 0 Å². The molecule has 0 spiro atoms. The fourth-order valence-electron chi connectivity index (χ4n) is 1.82. The number of nitrogens with one attached hydrogen (secondary N) is 1. The van der Waals surface area contributed by atoms with E-state index in [-0.39, 0.29) is 5.69 Å². The van der Waals surface area contributed by atoms with Crippen LogP contribution in [0.2, 0.25) is 5.02 Å². The van der Waals surface area contributed by atoms with Gasteiger partial charge >= 0.3 is 0 Å². The van der Waals surface area contributed by atoms with Crippen LogP contribution in [0.25, 0.3) is 0 Å². The maximum Gasteiger partial charge on any atom is 0.269 e. The van der Waals surface area contributed by atoms with E-state index < -0.39 is 4.92 Å². The number of aryl methyl sites for hydroxylation is 1. The molecule has 0 unspecified atom stereocenters. The van der Waals surface area contributed by atoms with Crippen molar-refractivity contribution in [1.82, 2.24) is 10.3 Å². The van der Waals surface area contributed by atoms with Crippen LogP contribution in [0.1, 0.15) is 16.7 Å². The molecule has 0 aliphatic carbocycles. The minimum atomic E-state index is -0.426. The van der Waals surface area contributed by atoms with Crippen molar-refractivity contribution in [2.24, 2.45) is 0 Å². The Kier molecular flexibility index (Phi) is 4.65. The molecule has 0 aliphatic heterocycles. The highest BCUT2D eigenvalue weighted by Crippen LogP contribution is 2.22. The molecular formula is C14H14ClN3O2. The molecule has 0 amide bonds. The monoisotopic (exact) mass is 291 g/mol. The number of aromatic nitrogens is 1. The molecular weight excluding hydrogens is 278 g/mol. The van der Waals surface area contributed by atoms with Gasteiger partial charge in [0.15, 0.2) is 0 Å². The molecule has 1 aromatic carbocycles. The van der Waals surface area contributed by atoms with Crippen molar-refractivity contribution in [1.29, 1.82) is 0 Å². The second-order valence-electron chi connectivity index (χ2n) is 4.44. The normalized spacial score (nSPS) is 10.5. The lowest BCUT2D eigenvalue weighted by atomic mass is 10.1. The summed E-state index contributed by atoms with van der Waals surface area (Å²) in [6.45, 7) is 3.12. The largest absolute Gasteiger partial charge is 0.308 e. The van der Waals surface area contributed by atoms with E-state index in [0.717, 1.165) is 11.1 Å². The summed E-state index contributed by atoms with van der Waals surface area (Å²) >= 11 is 6.04. The zero-order valence-electron chi connectivity index (χ0n) is 11.0. The first kappa shape index (κ1) is 14.4. The third-order valence-electron chi connectivity index (χ3n) is 3.02. The molecule has 0 atom stereocenters. The Morgan fingerprint density at radius 2 is 2.05 bits per heavy atom. The molecule has 0 aliphatic rings. The average Bonchev–Trinajstić information content (AvgIpc) is 2.42. The molecule has 2 rings (SSSR count). The van der Waals surface area contributed by atoms with Crippen LogP contribution >= 0.6 is 11.6 Å². The second kappa shape index (κ2) is 6.45. The van der Waals surface area contributed by atoms with Gasteiger partial charge in [0.25, 0.3) is 5.69 Å². The van der Waals surface area contributed by atoms with Crippen LogP contribution < -0.4 is 5.32 Å². The number of halogens is 1. The van der Waals surface area contributed by atoms with Gasteiger partial charge in [0.2, 0.25) is 0 Å². The van der Waals surface area contributed by atoms with Crippen LogP contribution in [0, 0.1) is 17.0 Å². The van der Waals surface area contributed by atoms with Crippen LogP contribution in [0.5, 0.6) is 0 Å². The first-order valence-electron chi connectivity index (χ1n) is 6.11. The second-order valence-corrected chi connectivity index (χ2v) is 4.85. The number of non-ortho nitro benzene ring substituents is 1. The van der Waals surface area contributed by atoms with Crippen molar-refractivity contribution in [3.8, 4) is 0 Å². The Labute approximate surface area is 121 Å². The molecule has 1 N–H and O–H groups in total. The predicted molar refractivity (Wildman–Crippen MR) is 77.6 cm³/mol. The molecule has 5 nitrogen and oxygen atoms in total. The summed E-state index contributed by atoms with van der Waals surface area (Å²) in [6.07, 6.45) is 3.55. The Bertz CT molecular complexity index is 632. The van der Waals surface area contributed by atoms with Crippen molar-refractivity contribution in [2.75, 3.05) is 0 Å². The molecule has 0 saturated heterocycles. The first-order chi connectivity index (χ1) is 9.58. The summed E-state index contributed by atoms with van der Waals surface area (Å²) in [6, 6.07) is 6.38. The lowest BCUT2D eigenvalue weighted by molar-refractivity contribution is -0.384. The molecule has 0 bridgehead atoms. The van der Waals surface area contributed by atoms with Gasteiger partial charge in [-0.1, -0.05) is 11.6 Å². The molecule has 1 heterocycles. The van der Waals surface area contributed by atoms with E-state index in [2.05, 4.69) is 10.3 Å². The summed E-state index contributed by atoms with van der Waals surface area (Å²) in [7, 11) is 0. The van der Waals surface area contributed by atoms with E-state index in [1.54, 1.807) is 18.5 Å². The number of rotatable bonds is 5. The van der Waals surface area contributed by atoms with Gasteiger partial charge in [-0.05, 0) is 35.7 Å². The lowest BCUT2D eigenvalue weighted by Crippen LogP contribution is -2.14. The fraction of sp³-hybridized carbons (Fsp3) is 0.214. The third-order valence-corrected chi connectivity index (χ3v) is 3.39. The highest BCUT2D eigenvalue weighted by atomic mass is 35.5. The Balaban J connectivity index is 2.02. The first-order valence-corrected chi connectivity index (χ1v) is 6.49. The van der Waals surface area contributed by atoms with Gasteiger partial charge in [-0.15, -0.1) is 0 Å². The molecule has 2 aromatic rings. The Morgan fingerprint density at radius 1 is 1.30 bits per heavy atom. The summed E-state index contributed by atoms with van der Waals surface area (Å²) in [5.41, 5.74) is 3.00. The number of hydrogen-bond acceptors (Lipinski definition) is 4. The molecule has 1 aromatic heterocycles. The fourth-order valence-corrected chi connectivity index (χ4v) is 2.01. The zero-order valence-corrected chi connectivity index (χ0v) is 11.7. The van der Waals surface area contributed by atoms with Crippen LogP contribution in [0.4, 0.5) is 5.69 Å². The maximum absolute atomic E-state index is 10.7. The molecule has 0 radical (unpaired) electrons. The van der Waals surface area contributed by atoms with Gasteiger partial charge < -0.3 is 5.32 Å². The standard InChI is InChI=1S/C14H14ClN3O2/c1-10-4-5-16-8-12(10)9-17-7-11-6-13(18(19)20)2-3-14(11)15/h2-6,8,17H,7,9H2,1H3. The van der Waals surface area contributed by atoms with Crippen LogP contribution in [-0.4, -0.2) is 9.91 Å². The minimum absolute atomic E-state index is 0.0451. The highest BCUT2D eigenvalue weighted by Gasteiger charge is 2.09. The predicted octanol–water partition coefficient (Wildman–Crippen LogP) is 3.24. The maximum atomic E-state index is 10.7. The van der Waals surface area contributed by atoms with Crippen molar-refractivity contribution in [2.45, 2.75) is 20.0 Å². The lowest BCUT2D eigenvalue weighted by Gasteiger charge is -2.08. The summed E-state index contributed by atoms with van der Waals surface area (Å²) < 4.78 is 0. The summed E-state index contributed by atoms with van der Waals surface area (Å²) in [5.74, 6) is 0. The highest BCUT2D eigenvalue weighted by molar-refractivity contribution is 6.31. The van der Waals surface area contributed by atoms with Crippen LogP contribution in [0.3, 0.4) is 0 Å². The molecule has 104 valence electrons. The molecule has 0 saturated carbocycles. The van der Waals surface area contributed by atoms with E-state index in [1.165, 1.54) is 12.1 Å². The van der Waals surface area contributed by atoms with E-state index in [4.69, 9.17) is 11.6 Å². The van der Waals surface area contributed by atoms with E-state index in [9.17, 15) is 10.1 Å². The molecule has 6 heteroatoms. The van der Waals surface area contributed by atoms with E-state index in [0.29, 0.717) is 23.7 Å². The summed E-state index contributed by atoms with van der Waals surface area (Å²) in [4.78, 5) is 14.4. The number of benzene rings is 1. The smallest absolute Gasteiger partial charge is 0.269 e. The van der Waals surface area contributed by atoms with Gasteiger partial charge in [0.1, 0.15) is 0 Å². The third kappa shape index (κ3) is 3.53. The number of nitro groups is 1. The number of nitro benzene ring substituents is 1. The molecule has 20 heavy (non-hydrogen) atoms. The quantitative estimate of drug-likeness (QED) is 0.678. The van der Waals surface area contributed by atoms with Crippen LogP contribution in [0.15, 0.2) is 36.7 Å². The minimum Gasteiger partial charge on any atom is -0.308 e. The van der Waals surface area contributed by atoms with Crippen molar-refractivity contribution >= 4 is 17.3 Å². The number of hydrogen-bond donors (Lipinski definition) is 1. The van der Waals surface area contributed by atoms with Crippen molar-refractivity contribution < 1.29 is 4.92 Å². The Hall–Kier alpha value is -1.98. The summed E-state index contributed by atoms with van der Waals surface area (Å²) in [5, 5.41) is 14.5. The van der Waals surface area contributed by atoms with Crippen molar-refractivity contribution in [3.63, 3.8) is 0 Å². The average molecular weight is 292 g/mol. The number of nitrogens with zero attached hydrogens (tertiary/aromatic N) is 2. The Morgan fingerprint density at radius 3 is 2.75 bits per heavy atom. The topological polar surface area (TPSA) is 68.1 Å².